The number of anilines is 1. The van der Waals surface area contributed by atoms with Gasteiger partial charge in [-0.25, -0.2) is 0 Å². The third kappa shape index (κ3) is 3.66. The second-order valence-corrected chi connectivity index (χ2v) is 4.93. The average Bonchev–Trinajstić information content (AvgIpc) is 2.43. The molecule has 0 aliphatic rings. The van der Waals surface area contributed by atoms with Crippen LogP contribution in [0.3, 0.4) is 0 Å². The van der Waals surface area contributed by atoms with Crippen LogP contribution in [-0.2, 0) is 11.2 Å². The molecule has 0 unspecified atom stereocenters. The molecule has 0 atom stereocenters. The van der Waals surface area contributed by atoms with Crippen LogP contribution in [0.1, 0.15) is 16.7 Å². The zero-order valence-electron chi connectivity index (χ0n) is 11.9. The molecule has 0 saturated carbocycles. The quantitative estimate of drug-likeness (QED) is 0.691. The van der Waals surface area contributed by atoms with Gasteiger partial charge in [-0.15, -0.1) is 0 Å². The fourth-order valence-corrected chi connectivity index (χ4v) is 2.07. The van der Waals surface area contributed by atoms with Gasteiger partial charge in [0.2, 0.25) is 5.91 Å². The highest BCUT2D eigenvalue weighted by Crippen LogP contribution is 2.25. The summed E-state index contributed by atoms with van der Waals surface area (Å²) in [5.74, 6) is -0.267. The maximum atomic E-state index is 12.1. The van der Waals surface area contributed by atoms with Crippen molar-refractivity contribution in [2.24, 2.45) is 0 Å². The molecule has 1 amide bonds. The lowest BCUT2D eigenvalue weighted by atomic mass is 10.1. The summed E-state index contributed by atoms with van der Waals surface area (Å²) >= 11 is 0. The number of benzene rings is 2. The van der Waals surface area contributed by atoms with Crippen molar-refractivity contribution >= 4 is 17.3 Å². The van der Waals surface area contributed by atoms with Gasteiger partial charge in [-0.3, -0.25) is 14.9 Å². The van der Waals surface area contributed by atoms with Gasteiger partial charge in [0.1, 0.15) is 5.69 Å². The number of carbonyl (C=O) groups excluding carboxylic acids is 1. The average molecular weight is 284 g/mol. The number of nitro benzene ring substituents is 1. The first-order chi connectivity index (χ1) is 9.97. The molecule has 2 aromatic carbocycles. The molecule has 0 aromatic heterocycles. The number of nitro groups is 1. The first kappa shape index (κ1) is 14.7. The number of nitrogens with one attached hydrogen (secondary N) is 1. The first-order valence-electron chi connectivity index (χ1n) is 6.57. The molecule has 2 rings (SSSR count). The van der Waals surface area contributed by atoms with Crippen molar-refractivity contribution in [3.05, 3.63) is 69.3 Å². The van der Waals surface area contributed by atoms with Crippen LogP contribution >= 0.6 is 0 Å². The van der Waals surface area contributed by atoms with Gasteiger partial charge in [-0.1, -0.05) is 30.3 Å². The lowest BCUT2D eigenvalue weighted by Gasteiger charge is -2.08. The molecule has 0 spiro atoms. The fraction of sp³-hybridized carbons (Fsp3) is 0.188. The molecule has 0 bridgehead atoms. The Bertz CT molecular complexity index is 696. The summed E-state index contributed by atoms with van der Waals surface area (Å²) in [6.45, 7) is 3.70. The number of amides is 1. The van der Waals surface area contributed by atoms with Crippen LogP contribution in [0.15, 0.2) is 42.5 Å². The Morgan fingerprint density at radius 3 is 2.57 bits per heavy atom. The first-order valence-corrected chi connectivity index (χ1v) is 6.57. The Kier molecular flexibility index (Phi) is 4.33. The number of nitrogens with zero attached hydrogens (tertiary/aromatic N) is 1. The molecule has 0 radical (unpaired) electrons. The van der Waals surface area contributed by atoms with Gasteiger partial charge < -0.3 is 5.32 Å². The van der Waals surface area contributed by atoms with Crippen LogP contribution in [0, 0.1) is 24.0 Å². The van der Waals surface area contributed by atoms with E-state index in [2.05, 4.69) is 5.32 Å². The Balaban J connectivity index is 2.17. The standard InChI is InChI=1S/C16H16N2O3/c1-11-7-8-14(15(9-11)18(20)21)17-16(19)10-13-6-4-3-5-12(13)2/h3-9H,10H2,1-2H3,(H,17,19). The monoisotopic (exact) mass is 284 g/mol. The van der Waals surface area contributed by atoms with Crippen LogP contribution in [0.4, 0.5) is 11.4 Å². The summed E-state index contributed by atoms with van der Waals surface area (Å²) in [6.07, 6.45) is 0.192. The van der Waals surface area contributed by atoms with E-state index in [1.165, 1.54) is 6.07 Å². The number of hydrogen-bond acceptors (Lipinski definition) is 3. The third-order valence-electron chi connectivity index (χ3n) is 3.24. The molecule has 1 N–H and O–H groups in total. The zero-order chi connectivity index (χ0) is 15.4. The summed E-state index contributed by atoms with van der Waals surface area (Å²) in [5.41, 5.74) is 2.84. The highest BCUT2D eigenvalue weighted by Gasteiger charge is 2.16. The lowest BCUT2D eigenvalue weighted by molar-refractivity contribution is -0.384. The van der Waals surface area contributed by atoms with Crippen molar-refractivity contribution in [2.75, 3.05) is 5.32 Å². The smallest absolute Gasteiger partial charge is 0.293 e. The van der Waals surface area contributed by atoms with Gasteiger partial charge in [-0.2, -0.15) is 0 Å². The summed E-state index contributed by atoms with van der Waals surface area (Å²) in [4.78, 5) is 22.6. The summed E-state index contributed by atoms with van der Waals surface area (Å²) < 4.78 is 0. The number of hydrogen-bond donors (Lipinski definition) is 1. The second kappa shape index (κ2) is 6.17. The molecule has 0 saturated heterocycles. The van der Waals surface area contributed by atoms with Crippen LogP contribution in [-0.4, -0.2) is 10.8 Å². The van der Waals surface area contributed by atoms with Gasteiger partial charge >= 0.3 is 0 Å². The van der Waals surface area contributed by atoms with Crippen molar-refractivity contribution in [1.82, 2.24) is 0 Å². The molecular formula is C16H16N2O3. The number of carbonyl (C=O) groups is 1. The van der Waals surface area contributed by atoms with E-state index in [0.717, 1.165) is 16.7 Å². The Morgan fingerprint density at radius 1 is 1.19 bits per heavy atom. The van der Waals surface area contributed by atoms with Gasteiger partial charge in [0.25, 0.3) is 5.69 Å². The Morgan fingerprint density at radius 2 is 1.90 bits per heavy atom. The van der Waals surface area contributed by atoms with Gasteiger partial charge in [0, 0.05) is 6.07 Å². The topological polar surface area (TPSA) is 72.2 Å². The normalized spacial score (nSPS) is 10.2. The van der Waals surface area contributed by atoms with E-state index < -0.39 is 4.92 Å². The van der Waals surface area contributed by atoms with Crippen LogP contribution in [0.25, 0.3) is 0 Å². The number of rotatable bonds is 4. The molecule has 0 heterocycles. The minimum absolute atomic E-state index is 0.0897. The maximum absolute atomic E-state index is 12.1. The Hall–Kier alpha value is -2.69. The van der Waals surface area contributed by atoms with Crippen molar-refractivity contribution in [2.45, 2.75) is 20.3 Å². The predicted octanol–water partition coefficient (Wildman–Crippen LogP) is 3.39. The van der Waals surface area contributed by atoms with E-state index >= 15 is 0 Å². The molecule has 0 aliphatic carbocycles. The molecule has 21 heavy (non-hydrogen) atoms. The second-order valence-electron chi connectivity index (χ2n) is 4.93. The van der Waals surface area contributed by atoms with Crippen molar-refractivity contribution in [3.63, 3.8) is 0 Å². The minimum atomic E-state index is -0.490. The maximum Gasteiger partial charge on any atom is 0.293 e. The Labute approximate surface area is 122 Å². The number of aryl methyl sites for hydroxylation is 2. The molecule has 2 aromatic rings. The van der Waals surface area contributed by atoms with Gasteiger partial charge in [0.05, 0.1) is 11.3 Å². The van der Waals surface area contributed by atoms with Crippen molar-refractivity contribution in [1.29, 1.82) is 0 Å². The molecule has 0 aliphatic heterocycles. The van der Waals surface area contributed by atoms with Crippen LogP contribution in [0.2, 0.25) is 0 Å². The molecule has 0 fully saturated rings. The van der Waals surface area contributed by atoms with Crippen LogP contribution in [0.5, 0.6) is 0 Å². The van der Waals surface area contributed by atoms with Gasteiger partial charge in [-0.05, 0) is 36.6 Å². The zero-order valence-corrected chi connectivity index (χ0v) is 11.9. The molecule has 5 heteroatoms. The summed E-state index contributed by atoms with van der Waals surface area (Å²) in [7, 11) is 0. The SMILES string of the molecule is Cc1ccc(NC(=O)Cc2ccccc2C)c([N+](=O)[O-])c1. The molecule has 5 nitrogen and oxygen atoms in total. The van der Waals surface area contributed by atoms with E-state index in [9.17, 15) is 14.9 Å². The summed E-state index contributed by atoms with van der Waals surface area (Å²) in [5, 5.41) is 13.6. The van der Waals surface area contributed by atoms with E-state index in [0.29, 0.717) is 0 Å². The summed E-state index contributed by atoms with van der Waals surface area (Å²) in [6, 6.07) is 12.3. The van der Waals surface area contributed by atoms with E-state index in [1.54, 1.807) is 19.1 Å². The van der Waals surface area contributed by atoms with Gasteiger partial charge in [0.15, 0.2) is 0 Å². The van der Waals surface area contributed by atoms with Crippen LogP contribution < -0.4 is 5.32 Å². The largest absolute Gasteiger partial charge is 0.320 e. The van der Waals surface area contributed by atoms with Crippen molar-refractivity contribution < 1.29 is 9.72 Å². The highest BCUT2D eigenvalue weighted by molar-refractivity contribution is 5.94. The predicted molar refractivity (Wildman–Crippen MR) is 81.3 cm³/mol. The fourth-order valence-electron chi connectivity index (χ4n) is 2.07. The molecular weight excluding hydrogens is 268 g/mol. The highest BCUT2D eigenvalue weighted by atomic mass is 16.6. The van der Waals surface area contributed by atoms with E-state index in [-0.39, 0.29) is 23.7 Å². The van der Waals surface area contributed by atoms with E-state index in [4.69, 9.17) is 0 Å². The van der Waals surface area contributed by atoms with Crippen molar-refractivity contribution in [3.8, 4) is 0 Å². The minimum Gasteiger partial charge on any atom is -0.320 e. The molecule has 108 valence electrons. The van der Waals surface area contributed by atoms with E-state index in [1.807, 2.05) is 31.2 Å². The third-order valence-corrected chi connectivity index (χ3v) is 3.24. The lowest BCUT2D eigenvalue weighted by Crippen LogP contribution is -2.16.